The molecule has 0 saturated carbocycles. The number of hydrogen-bond donors (Lipinski definition) is 2. The van der Waals surface area contributed by atoms with E-state index in [4.69, 9.17) is 5.73 Å². The summed E-state index contributed by atoms with van der Waals surface area (Å²) in [6.45, 7) is 2.96. The van der Waals surface area contributed by atoms with Crippen molar-refractivity contribution < 1.29 is 4.79 Å². The first-order chi connectivity index (χ1) is 6.61. The number of amides is 1. The number of anilines is 1. The van der Waals surface area contributed by atoms with Gasteiger partial charge in [-0.2, -0.15) is 5.10 Å². The molecule has 5 nitrogen and oxygen atoms in total. The Labute approximate surface area is 89.8 Å². The lowest BCUT2D eigenvalue weighted by molar-refractivity contribution is 0.0994. The summed E-state index contributed by atoms with van der Waals surface area (Å²) >= 11 is 3.32. The molecule has 1 aromatic heterocycles. The van der Waals surface area contributed by atoms with E-state index in [-0.39, 0.29) is 0 Å². The van der Waals surface area contributed by atoms with E-state index in [2.05, 4.69) is 33.3 Å². The second-order valence-corrected chi connectivity index (χ2v) is 4.18. The number of primary amides is 1. The van der Waals surface area contributed by atoms with Crippen molar-refractivity contribution in [2.24, 2.45) is 5.73 Å². The predicted octanol–water partition coefficient (Wildman–Crippen LogP) is 1.12. The number of rotatable bonds is 1. The number of nitrogens with one attached hydrogen (secondary N) is 1. The molecule has 0 spiro atoms. The van der Waals surface area contributed by atoms with Gasteiger partial charge in [-0.05, 0) is 29.3 Å². The molecule has 3 N–H and O–H groups in total. The Morgan fingerprint density at radius 1 is 1.79 bits per heavy atom. The highest BCUT2D eigenvalue weighted by Gasteiger charge is 2.24. The van der Waals surface area contributed by atoms with E-state index < -0.39 is 5.91 Å². The second kappa shape index (κ2) is 3.27. The third-order valence-corrected chi connectivity index (χ3v) is 3.11. The standard InChI is InChI=1S/C8H11BrN4O/c1-4-2-3-11-8-5(9)6(7(10)14)12-13(4)8/h4,11H,2-3H2,1H3,(H2,10,14). The molecule has 14 heavy (non-hydrogen) atoms. The molecule has 1 aromatic rings. The zero-order valence-electron chi connectivity index (χ0n) is 7.75. The summed E-state index contributed by atoms with van der Waals surface area (Å²) in [5.74, 6) is 0.338. The summed E-state index contributed by atoms with van der Waals surface area (Å²) in [5.41, 5.74) is 5.49. The largest absolute Gasteiger partial charge is 0.369 e. The lowest BCUT2D eigenvalue weighted by atomic mass is 10.2. The average molecular weight is 259 g/mol. The highest BCUT2D eigenvalue weighted by Crippen LogP contribution is 2.32. The van der Waals surface area contributed by atoms with Crippen LogP contribution in [0.2, 0.25) is 0 Å². The number of carbonyl (C=O) groups is 1. The van der Waals surface area contributed by atoms with Crippen LogP contribution < -0.4 is 11.1 Å². The lowest BCUT2D eigenvalue weighted by Crippen LogP contribution is -2.21. The molecule has 0 bridgehead atoms. The molecule has 1 aliphatic rings. The van der Waals surface area contributed by atoms with E-state index in [0.29, 0.717) is 16.2 Å². The van der Waals surface area contributed by atoms with Gasteiger partial charge in [-0.15, -0.1) is 0 Å². The third kappa shape index (κ3) is 1.30. The molecular formula is C8H11BrN4O. The molecule has 0 aromatic carbocycles. The zero-order chi connectivity index (χ0) is 10.3. The first kappa shape index (κ1) is 9.51. The van der Waals surface area contributed by atoms with Gasteiger partial charge in [0, 0.05) is 6.54 Å². The molecule has 0 fully saturated rings. The van der Waals surface area contributed by atoms with Crippen LogP contribution in [0.25, 0.3) is 0 Å². The smallest absolute Gasteiger partial charge is 0.270 e. The minimum atomic E-state index is -0.507. The van der Waals surface area contributed by atoms with Gasteiger partial charge in [-0.3, -0.25) is 4.79 Å². The summed E-state index contributed by atoms with van der Waals surface area (Å²) < 4.78 is 2.46. The van der Waals surface area contributed by atoms with E-state index >= 15 is 0 Å². The fourth-order valence-electron chi connectivity index (χ4n) is 1.57. The Bertz CT molecular complexity index is 387. The highest BCUT2D eigenvalue weighted by atomic mass is 79.9. The van der Waals surface area contributed by atoms with E-state index in [9.17, 15) is 4.79 Å². The van der Waals surface area contributed by atoms with Gasteiger partial charge in [0.25, 0.3) is 5.91 Å². The van der Waals surface area contributed by atoms with Crippen LogP contribution in [0.15, 0.2) is 4.47 Å². The van der Waals surface area contributed by atoms with Crippen LogP contribution in [-0.2, 0) is 0 Å². The van der Waals surface area contributed by atoms with Gasteiger partial charge in [-0.1, -0.05) is 0 Å². The molecule has 1 unspecified atom stereocenters. The molecular weight excluding hydrogens is 248 g/mol. The van der Waals surface area contributed by atoms with Crippen molar-refractivity contribution in [2.75, 3.05) is 11.9 Å². The van der Waals surface area contributed by atoms with E-state index in [1.54, 1.807) is 4.68 Å². The first-order valence-electron chi connectivity index (χ1n) is 4.43. The molecule has 6 heteroatoms. The van der Waals surface area contributed by atoms with Gasteiger partial charge >= 0.3 is 0 Å². The SMILES string of the molecule is CC1CCNc2c(Br)c(C(N)=O)nn21. The Kier molecular flexibility index (Phi) is 2.22. The molecule has 0 saturated heterocycles. The Morgan fingerprint density at radius 3 is 3.07 bits per heavy atom. The van der Waals surface area contributed by atoms with Crippen LogP contribution in [-0.4, -0.2) is 22.2 Å². The Morgan fingerprint density at radius 2 is 2.50 bits per heavy atom. The van der Waals surface area contributed by atoms with Crippen molar-refractivity contribution in [1.82, 2.24) is 9.78 Å². The normalized spacial score (nSPS) is 20.0. The van der Waals surface area contributed by atoms with Gasteiger partial charge in [-0.25, -0.2) is 4.68 Å². The molecule has 0 radical (unpaired) electrons. The van der Waals surface area contributed by atoms with Crippen LogP contribution in [0.4, 0.5) is 5.82 Å². The maximum atomic E-state index is 11.0. The summed E-state index contributed by atoms with van der Waals surface area (Å²) in [5, 5.41) is 7.35. The number of nitrogens with two attached hydrogens (primary N) is 1. The third-order valence-electron chi connectivity index (χ3n) is 2.36. The fraction of sp³-hybridized carbons (Fsp3) is 0.500. The van der Waals surface area contributed by atoms with Gasteiger partial charge in [0.1, 0.15) is 5.82 Å². The Hall–Kier alpha value is -1.04. The maximum absolute atomic E-state index is 11.0. The zero-order valence-corrected chi connectivity index (χ0v) is 9.34. The van der Waals surface area contributed by atoms with Crippen LogP contribution in [0.1, 0.15) is 29.9 Å². The molecule has 2 rings (SSSR count). The first-order valence-corrected chi connectivity index (χ1v) is 5.22. The van der Waals surface area contributed by atoms with E-state index in [1.165, 1.54) is 0 Å². The van der Waals surface area contributed by atoms with Crippen LogP contribution >= 0.6 is 15.9 Å². The number of nitrogens with zero attached hydrogens (tertiary/aromatic N) is 2. The minimum Gasteiger partial charge on any atom is -0.369 e. The topological polar surface area (TPSA) is 72.9 Å². The summed E-state index contributed by atoms with van der Waals surface area (Å²) in [6, 6.07) is 0.302. The van der Waals surface area contributed by atoms with E-state index in [1.807, 2.05) is 0 Å². The number of halogens is 1. The second-order valence-electron chi connectivity index (χ2n) is 3.38. The number of aromatic nitrogens is 2. The lowest BCUT2D eigenvalue weighted by Gasteiger charge is -2.22. The van der Waals surface area contributed by atoms with E-state index in [0.717, 1.165) is 18.8 Å². The van der Waals surface area contributed by atoms with Crippen LogP contribution in [0.3, 0.4) is 0 Å². The van der Waals surface area contributed by atoms with Crippen molar-refractivity contribution >= 4 is 27.7 Å². The average Bonchev–Trinajstić information content (AvgIpc) is 2.46. The molecule has 1 amide bonds. The summed E-state index contributed by atoms with van der Waals surface area (Å²) in [4.78, 5) is 11.0. The highest BCUT2D eigenvalue weighted by molar-refractivity contribution is 9.10. The quantitative estimate of drug-likeness (QED) is 0.793. The fourth-order valence-corrected chi connectivity index (χ4v) is 2.17. The molecule has 76 valence electrons. The van der Waals surface area contributed by atoms with Crippen molar-refractivity contribution in [1.29, 1.82) is 0 Å². The molecule has 2 heterocycles. The van der Waals surface area contributed by atoms with Crippen molar-refractivity contribution in [3.63, 3.8) is 0 Å². The van der Waals surface area contributed by atoms with Crippen LogP contribution in [0, 0.1) is 0 Å². The van der Waals surface area contributed by atoms with Crippen molar-refractivity contribution in [3.05, 3.63) is 10.2 Å². The molecule has 0 aliphatic carbocycles. The predicted molar refractivity (Wildman–Crippen MR) is 56.3 cm³/mol. The number of carbonyl (C=O) groups excluding carboxylic acids is 1. The number of fused-ring (bicyclic) bond motifs is 1. The van der Waals surface area contributed by atoms with Gasteiger partial charge < -0.3 is 11.1 Å². The van der Waals surface area contributed by atoms with Crippen molar-refractivity contribution in [2.45, 2.75) is 19.4 Å². The Balaban J connectivity index is 2.54. The van der Waals surface area contributed by atoms with Gasteiger partial charge in [0.05, 0.1) is 10.5 Å². The molecule has 1 atom stereocenters. The minimum absolute atomic E-state index is 0.293. The monoisotopic (exact) mass is 258 g/mol. The van der Waals surface area contributed by atoms with Crippen LogP contribution in [0.5, 0.6) is 0 Å². The van der Waals surface area contributed by atoms with Crippen molar-refractivity contribution in [3.8, 4) is 0 Å². The summed E-state index contributed by atoms with van der Waals surface area (Å²) in [7, 11) is 0. The summed E-state index contributed by atoms with van der Waals surface area (Å²) in [6.07, 6.45) is 0.999. The maximum Gasteiger partial charge on any atom is 0.270 e. The molecule has 1 aliphatic heterocycles. The number of hydrogen-bond acceptors (Lipinski definition) is 3. The van der Waals surface area contributed by atoms with Gasteiger partial charge in [0.2, 0.25) is 0 Å². The van der Waals surface area contributed by atoms with Gasteiger partial charge in [0.15, 0.2) is 5.69 Å².